The van der Waals surface area contributed by atoms with E-state index in [1.165, 1.54) is 16.4 Å². The van der Waals surface area contributed by atoms with Crippen LogP contribution in [0.15, 0.2) is 70.9 Å². The van der Waals surface area contributed by atoms with Crippen molar-refractivity contribution in [3.63, 3.8) is 0 Å². The molecule has 0 aliphatic carbocycles. The number of ketones is 1. The Bertz CT molecular complexity index is 1050. The number of carbonyl (C=O) groups excluding carboxylic acids is 1. The van der Waals surface area contributed by atoms with Crippen molar-refractivity contribution < 1.29 is 9.53 Å². The van der Waals surface area contributed by atoms with E-state index in [1.54, 1.807) is 31.4 Å². The van der Waals surface area contributed by atoms with Crippen LogP contribution in [0.4, 0.5) is 5.95 Å². The molecule has 0 aliphatic heterocycles. The van der Waals surface area contributed by atoms with Crippen LogP contribution in [-0.4, -0.2) is 39.2 Å². The highest BCUT2D eigenvalue weighted by molar-refractivity contribution is 7.99. The maximum Gasteiger partial charge on any atom is 0.264 e. The van der Waals surface area contributed by atoms with E-state index in [4.69, 9.17) is 10.6 Å². The van der Waals surface area contributed by atoms with E-state index in [2.05, 4.69) is 20.7 Å². The zero-order chi connectivity index (χ0) is 21.3. The largest absolute Gasteiger partial charge is 0.497 e. The van der Waals surface area contributed by atoms with E-state index >= 15 is 0 Å². The molecule has 3 rings (SSSR count). The molecule has 0 spiro atoms. The molecular weight excluding hydrogens is 400 g/mol. The molecule has 9 heteroatoms. The van der Waals surface area contributed by atoms with Crippen molar-refractivity contribution in [1.82, 2.24) is 14.9 Å². The van der Waals surface area contributed by atoms with Gasteiger partial charge in [-0.05, 0) is 42.8 Å². The Morgan fingerprint density at radius 3 is 2.63 bits per heavy atom. The topological polar surface area (TPSA) is 107 Å². The third kappa shape index (κ3) is 5.71. The van der Waals surface area contributed by atoms with Gasteiger partial charge in [-0.2, -0.15) is 5.10 Å². The molecule has 1 heterocycles. The Labute approximate surface area is 178 Å². The molecule has 3 aromatic rings. The average Bonchev–Trinajstić information content (AvgIpc) is 3.14. The molecule has 0 saturated heterocycles. The Morgan fingerprint density at radius 2 is 1.93 bits per heavy atom. The molecule has 154 valence electrons. The molecule has 2 aromatic carbocycles. The molecular formula is C21H22N6O2S. The van der Waals surface area contributed by atoms with Gasteiger partial charge in [-0.25, -0.2) is 10.1 Å². The lowest BCUT2D eigenvalue weighted by atomic mass is 10.1. The van der Waals surface area contributed by atoms with E-state index in [0.29, 0.717) is 16.5 Å². The number of allylic oxidation sites excluding steroid dienone is 1. The minimum atomic E-state index is -0.0416. The molecule has 0 saturated carbocycles. The number of aromatic nitrogens is 3. The number of hydrogen-bond donors (Lipinski definition) is 2. The van der Waals surface area contributed by atoms with Gasteiger partial charge in [0, 0.05) is 5.56 Å². The van der Waals surface area contributed by atoms with Crippen LogP contribution >= 0.6 is 11.8 Å². The fourth-order valence-electron chi connectivity index (χ4n) is 2.40. The summed E-state index contributed by atoms with van der Waals surface area (Å²) >= 11 is 1.20. The van der Waals surface area contributed by atoms with Gasteiger partial charge >= 0.3 is 0 Å². The summed E-state index contributed by atoms with van der Waals surface area (Å²) in [5.41, 5.74) is 5.20. The molecule has 0 bridgehead atoms. The van der Waals surface area contributed by atoms with Gasteiger partial charge in [0.15, 0.2) is 5.78 Å². The number of rotatable bonds is 9. The van der Waals surface area contributed by atoms with Crippen molar-refractivity contribution in [3.8, 4) is 5.75 Å². The Hall–Kier alpha value is -3.59. The molecule has 0 aliphatic rings. The molecule has 3 N–H and O–H groups in total. The van der Waals surface area contributed by atoms with Gasteiger partial charge in [0.25, 0.3) is 5.95 Å². The predicted molar refractivity (Wildman–Crippen MR) is 120 cm³/mol. The van der Waals surface area contributed by atoms with Crippen molar-refractivity contribution in [3.05, 3.63) is 71.8 Å². The highest BCUT2D eigenvalue weighted by Gasteiger charge is 2.13. The molecule has 0 radical (unpaired) electrons. The van der Waals surface area contributed by atoms with Crippen LogP contribution in [0.25, 0.3) is 6.08 Å². The van der Waals surface area contributed by atoms with Crippen LogP contribution in [0.5, 0.6) is 5.75 Å². The number of benzene rings is 2. The van der Waals surface area contributed by atoms with Crippen molar-refractivity contribution in [2.75, 3.05) is 24.1 Å². The second-order valence-corrected chi connectivity index (χ2v) is 7.17. The SMILES string of the molecule is COc1ccc(C(=O)CSc2nnc(N/N=C(C)/C=C/c3ccccc3)n2N)cc1. The third-order valence-electron chi connectivity index (χ3n) is 4.06. The smallest absolute Gasteiger partial charge is 0.264 e. The Kier molecular flexibility index (Phi) is 7.23. The number of nitrogens with one attached hydrogen (secondary N) is 1. The molecule has 0 unspecified atom stereocenters. The lowest BCUT2D eigenvalue weighted by Crippen LogP contribution is -2.14. The number of nitrogen functional groups attached to an aromatic ring is 1. The summed E-state index contributed by atoms with van der Waals surface area (Å²) in [6, 6.07) is 16.9. The average molecular weight is 423 g/mol. The normalized spacial score (nSPS) is 11.6. The van der Waals surface area contributed by atoms with Crippen molar-refractivity contribution in [2.24, 2.45) is 5.10 Å². The number of Topliss-reactive ketones (excluding diaryl/α,β-unsaturated/α-hetero) is 1. The first kappa shape index (κ1) is 21.1. The summed E-state index contributed by atoms with van der Waals surface area (Å²) in [6.07, 6.45) is 3.84. The third-order valence-corrected chi connectivity index (χ3v) is 5.00. The summed E-state index contributed by atoms with van der Waals surface area (Å²) in [5, 5.41) is 12.6. The summed E-state index contributed by atoms with van der Waals surface area (Å²) in [5.74, 6) is 7.13. The number of hydrazone groups is 1. The number of hydrogen-bond acceptors (Lipinski definition) is 8. The van der Waals surface area contributed by atoms with Gasteiger partial charge in [-0.1, -0.05) is 48.2 Å². The van der Waals surface area contributed by atoms with Gasteiger partial charge in [-0.15, -0.1) is 10.2 Å². The van der Waals surface area contributed by atoms with Crippen LogP contribution in [0, 0.1) is 0 Å². The monoisotopic (exact) mass is 422 g/mol. The van der Waals surface area contributed by atoms with E-state index in [1.807, 2.05) is 49.4 Å². The number of nitrogens with zero attached hydrogens (tertiary/aromatic N) is 4. The fourth-order valence-corrected chi connectivity index (χ4v) is 3.15. The first-order chi connectivity index (χ1) is 14.6. The zero-order valence-corrected chi connectivity index (χ0v) is 17.5. The van der Waals surface area contributed by atoms with Crippen LogP contribution < -0.4 is 16.0 Å². The molecule has 30 heavy (non-hydrogen) atoms. The number of nitrogens with two attached hydrogens (primary N) is 1. The van der Waals surface area contributed by atoms with E-state index in [0.717, 1.165) is 11.3 Å². The van der Waals surface area contributed by atoms with Crippen LogP contribution in [0.2, 0.25) is 0 Å². The fraction of sp³-hybridized carbons (Fsp3) is 0.143. The highest BCUT2D eigenvalue weighted by Crippen LogP contribution is 2.19. The minimum absolute atomic E-state index is 0.0416. The molecule has 1 aromatic heterocycles. The van der Waals surface area contributed by atoms with Crippen LogP contribution in [-0.2, 0) is 0 Å². The molecule has 0 amide bonds. The van der Waals surface area contributed by atoms with Gasteiger partial charge in [0.05, 0.1) is 18.6 Å². The van der Waals surface area contributed by atoms with Gasteiger partial charge in [0.1, 0.15) is 5.75 Å². The summed E-state index contributed by atoms with van der Waals surface area (Å²) in [7, 11) is 1.58. The second kappa shape index (κ2) is 10.3. The number of methoxy groups -OCH3 is 1. The first-order valence-electron chi connectivity index (χ1n) is 9.11. The van der Waals surface area contributed by atoms with E-state index in [9.17, 15) is 4.79 Å². The first-order valence-corrected chi connectivity index (χ1v) is 10.1. The standard InChI is InChI=1S/C21H22N6O2S/c1-15(8-9-16-6-4-3-5-7-16)23-24-20-25-26-21(27(20)22)30-14-19(28)17-10-12-18(29-2)13-11-17/h3-13H,14,22H2,1-2H3,(H,24,25)/b9-8+,23-15+. The van der Waals surface area contributed by atoms with E-state index in [-0.39, 0.29) is 17.5 Å². The zero-order valence-electron chi connectivity index (χ0n) is 16.6. The maximum absolute atomic E-state index is 12.3. The molecule has 8 nitrogen and oxygen atoms in total. The summed E-state index contributed by atoms with van der Waals surface area (Å²) in [4.78, 5) is 12.3. The van der Waals surface area contributed by atoms with Crippen LogP contribution in [0.3, 0.4) is 0 Å². The lowest BCUT2D eigenvalue weighted by Gasteiger charge is -2.04. The van der Waals surface area contributed by atoms with E-state index < -0.39 is 0 Å². The lowest BCUT2D eigenvalue weighted by molar-refractivity contribution is 0.102. The predicted octanol–water partition coefficient (Wildman–Crippen LogP) is 3.48. The van der Waals surface area contributed by atoms with Crippen molar-refractivity contribution in [1.29, 1.82) is 0 Å². The summed E-state index contributed by atoms with van der Waals surface area (Å²) in [6.45, 7) is 1.85. The van der Waals surface area contributed by atoms with Gasteiger partial charge in [-0.3, -0.25) is 4.79 Å². The van der Waals surface area contributed by atoms with Crippen molar-refractivity contribution in [2.45, 2.75) is 12.1 Å². The second-order valence-electron chi connectivity index (χ2n) is 6.23. The number of thioether (sulfide) groups is 1. The quantitative estimate of drug-likeness (QED) is 0.179. The number of anilines is 1. The Morgan fingerprint density at radius 1 is 1.20 bits per heavy atom. The minimum Gasteiger partial charge on any atom is -0.497 e. The van der Waals surface area contributed by atoms with Gasteiger partial charge in [0.2, 0.25) is 5.16 Å². The number of carbonyl (C=O) groups is 1. The molecule has 0 atom stereocenters. The van der Waals surface area contributed by atoms with Gasteiger partial charge < -0.3 is 10.6 Å². The maximum atomic E-state index is 12.3. The highest BCUT2D eigenvalue weighted by atomic mass is 32.2. The van der Waals surface area contributed by atoms with Crippen LogP contribution in [0.1, 0.15) is 22.8 Å². The Balaban J connectivity index is 1.56. The molecule has 0 fully saturated rings. The van der Waals surface area contributed by atoms with Crippen molar-refractivity contribution >= 4 is 35.3 Å². The number of ether oxygens (including phenoxy) is 1. The summed E-state index contributed by atoms with van der Waals surface area (Å²) < 4.78 is 6.37.